The fourth-order valence-electron chi connectivity index (χ4n) is 4.29. The fraction of sp³-hybridized carbons (Fsp3) is 0.435. The highest BCUT2D eigenvalue weighted by Gasteiger charge is 2.37. The molecule has 1 aliphatic heterocycles. The van der Waals surface area contributed by atoms with Crippen LogP contribution in [0, 0.1) is 5.82 Å². The van der Waals surface area contributed by atoms with E-state index in [9.17, 15) is 18.0 Å². The minimum Gasteiger partial charge on any atom is -0.481 e. The molecular weight excluding hydrogens is 453 g/mol. The number of aromatic nitrogens is 3. The van der Waals surface area contributed by atoms with Crippen LogP contribution in [-0.2, 0) is 17.0 Å². The van der Waals surface area contributed by atoms with Crippen LogP contribution >= 0.6 is 11.8 Å². The van der Waals surface area contributed by atoms with Crippen LogP contribution in [-0.4, -0.2) is 44.6 Å². The lowest BCUT2D eigenvalue weighted by Gasteiger charge is -2.33. The summed E-state index contributed by atoms with van der Waals surface area (Å²) in [6, 6.07) is 4.78. The van der Waals surface area contributed by atoms with Gasteiger partial charge in [-0.3, -0.25) is 4.79 Å². The quantitative estimate of drug-likeness (QED) is 0.380. The summed E-state index contributed by atoms with van der Waals surface area (Å²) in [5.41, 5.74) is 3.12. The van der Waals surface area contributed by atoms with Crippen LogP contribution in [0.3, 0.4) is 0 Å². The van der Waals surface area contributed by atoms with Crippen molar-refractivity contribution in [2.75, 3.05) is 18.0 Å². The largest absolute Gasteiger partial charge is 0.481 e. The number of thioether (sulfide) groups is 1. The Labute approximate surface area is 192 Å². The number of hydrogen-bond acceptors (Lipinski definition) is 5. The summed E-state index contributed by atoms with van der Waals surface area (Å²) in [5.74, 6) is -3.93. The fourth-order valence-corrected chi connectivity index (χ4v) is 5.05. The van der Waals surface area contributed by atoms with Crippen LogP contribution < -0.4 is 4.90 Å². The Morgan fingerprint density at radius 3 is 2.85 bits per heavy atom. The highest BCUT2D eigenvalue weighted by molar-refractivity contribution is 7.98. The Morgan fingerprint density at radius 1 is 1.30 bits per heavy atom. The summed E-state index contributed by atoms with van der Waals surface area (Å²) >= 11 is 1.34. The molecule has 2 aromatic heterocycles. The van der Waals surface area contributed by atoms with Gasteiger partial charge in [0.2, 0.25) is 0 Å². The molecule has 6 nitrogen and oxygen atoms in total. The standard InChI is InChI=1S/C23H23F3N4O2S/c24-17-5-2-14(8-15(17)9-20(31)32)12-33-22-27-10-18-21(28-22)19(11-30(18)16-3-4-16)29-7-1-6-23(25,26)13-29/h2,5,8,10-11,16H,1,3-4,6-7,9,12-13H2,(H,31,32). The molecule has 1 saturated heterocycles. The van der Waals surface area contributed by atoms with Crippen molar-refractivity contribution in [2.24, 2.45) is 0 Å². The molecule has 33 heavy (non-hydrogen) atoms. The van der Waals surface area contributed by atoms with E-state index in [0.717, 1.165) is 23.9 Å². The van der Waals surface area contributed by atoms with Crippen molar-refractivity contribution < 1.29 is 23.1 Å². The molecule has 3 heterocycles. The van der Waals surface area contributed by atoms with Crippen LogP contribution in [0.1, 0.15) is 42.9 Å². The van der Waals surface area contributed by atoms with Crippen molar-refractivity contribution in [3.63, 3.8) is 0 Å². The second-order valence-corrected chi connectivity index (χ2v) is 9.65. The Morgan fingerprint density at radius 2 is 2.12 bits per heavy atom. The number of carbonyl (C=O) groups is 1. The van der Waals surface area contributed by atoms with Gasteiger partial charge in [0.25, 0.3) is 5.92 Å². The molecule has 0 bridgehead atoms. The number of benzene rings is 1. The monoisotopic (exact) mass is 476 g/mol. The molecule has 5 rings (SSSR count). The van der Waals surface area contributed by atoms with Gasteiger partial charge >= 0.3 is 5.97 Å². The maximum absolute atomic E-state index is 14.1. The molecule has 0 radical (unpaired) electrons. The van der Waals surface area contributed by atoms with E-state index in [1.54, 1.807) is 23.2 Å². The van der Waals surface area contributed by atoms with Gasteiger partial charge in [-0.05, 0) is 36.5 Å². The van der Waals surface area contributed by atoms with Crippen LogP contribution in [0.5, 0.6) is 0 Å². The molecule has 1 saturated carbocycles. The predicted octanol–water partition coefficient (Wildman–Crippen LogP) is 5.06. The lowest BCUT2D eigenvalue weighted by atomic mass is 10.1. The molecule has 1 N–H and O–H groups in total. The molecule has 1 aliphatic carbocycles. The van der Waals surface area contributed by atoms with E-state index in [1.807, 2.05) is 6.20 Å². The summed E-state index contributed by atoms with van der Waals surface area (Å²) in [6.45, 7) is 0.249. The maximum Gasteiger partial charge on any atom is 0.307 e. The Balaban J connectivity index is 1.41. The topological polar surface area (TPSA) is 71.2 Å². The number of halogens is 3. The van der Waals surface area contributed by atoms with Gasteiger partial charge in [-0.2, -0.15) is 0 Å². The van der Waals surface area contributed by atoms with Crippen molar-refractivity contribution in [1.82, 2.24) is 14.5 Å². The number of nitrogens with zero attached hydrogens (tertiary/aromatic N) is 4. The molecule has 2 aliphatic rings. The first-order valence-corrected chi connectivity index (χ1v) is 11.9. The van der Waals surface area contributed by atoms with E-state index in [1.165, 1.54) is 17.8 Å². The van der Waals surface area contributed by atoms with E-state index in [4.69, 9.17) is 10.1 Å². The summed E-state index contributed by atoms with van der Waals surface area (Å²) in [7, 11) is 0. The molecule has 0 spiro atoms. The smallest absolute Gasteiger partial charge is 0.307 e. The van der Waals surface area contributed by atoms with Crippen LogP contribution in [0.2, 0.25) is 0 Å². The molecule has 174 valence electrons. The minimum absolute atomic E-state index is 0.0949. The number of carboxylic acids is 1. The molecule has 10 heteroatoms. The normalized spacial score (nSPS) is 18.1. The summed E-state index contributed by atoms with van der Waals surface area (Å²) in [4.78, 5) is 21.8. The van der Waals surface area contributed by atoms with E-state index in [2.05, 4.69) is 9.55 Å². The number of anilines is 1. The van der Waals surface area contributed by atoms with Crippen LogP contribution in [0.25, 0.3) is 11.0 Å². The van der Waals surface area contributed by atoms with E-state index in [-0.39, 0.29) is 24.9 Å². The number of carboxylic acid groups (broad SMARTS) is 1. The minimum atomic E-state index is -2.72. The zero-order valence-electron chi connectivity index (χ0n) is 17.8. The third kappa shape index (κ3) is 4.80. The predicted molar refractivity (Wildman–Crippen MR) is 119 cm³/mol. The zero-order valence-corrected chi connectivity index (χ0v) is 18.6. The van der Waals surface area contributed by atoms with Gasteiger partial charge in [0.1, 0.15) is 11.3 Å². The number of hydrogen-bond donors (Lipinski definition) is 1. The molecule has 1 aromatic carbocycles. The van der Waals surface area contributed by atoms with Crippen molar-refractivity contribution in [2.45, 2.75) is 55.0 Å². The Kier molecular flexibility index (Phi) is 5.72. The van der Waals surface area contributed by atoms with Gasteiger partial charge in [-0.1, -0.05) is 23.9 Å². The molecule has 3 aromatic rings. The lowest BCUT2D eigenvalue weighted by molar-refractivity contribution is -0.136. The number of aliphatic carboxylic acids is 1. The van der Waals surface area contributed by atoms with Crippen LogP contribution in [0.15, 0.2) is 35.7 Å². The van der Waals surface area contributed by atoms with Crippen molar-refractivity contribution in [3.05, 3.63) is 47.5 Å². The first kappa shape index (κ1) is 22.1. The molecule has 2 fully saturated rings. The second kappa shape index (κ2) is 8.55. The average molecular weight is 477 g/mol. The summed E-state index contributed by atoms with van der Waals surface area (Å²) in [5, 5.41) is 9.45. The number of alkyl halides is 2. The molecule has 0 unspecified atom stereocenters. The van der Waals surface area contributed by atoms with Crippen LogP contribution in [0.4, 0.5) is 18.9 Å². The van der Waals surface area contributed by atoms with Gasteiger partial charge < -0.3 is 14.6 Å². The third-order valence-corrected chi connectivity index (χ3v) is 6.96. The van der Waals surface area contributed by atoms with Crippen molar-refractivity contribution in [3.8, 4) is 0 Å². The number of rotatable bonds is 7. The molecular formula is C23H23F3N4O2S. The maximum atomic E-state index is 14.1. The first-order chi connectivity index (χ1) is 15.8. The van der Waals surface area contributed by atoms with Gasteiger partial charge in [-0.15, -0.1) is 0 Å². The second-order valence-electron chi connectivity index (χ2n) is 8.71. The molecule has 0 amide bonds. The average Bonchev–Trinajstić information content (AvgIpc) is 3.53. The SMILES string of the molecule is O=C(O)Cc1cc(CSc2ncc3c(n2)c(N2CCCC(F)(F)C2)cn3C2CC2)ccc1F. The van der Waals surface area contributed by atoms with Gasteiger partial charge in [-0.25, -0.2) is 23.1 Å². The first-order valence-electron chi connectivity index (χ1n) is 10.9. The lowest BCUT2D eigenvalue weighted by Crippen LogP contribution is -2.42. The van der Waals surface area contributed by atoms with E-state index in [0.29, 0.717) is 41.1 Å². The number of piperidine rings is 1. The van der Waals surface area contributed by atoms with Crippen molar-refractivity contribution in [1.29, 1.82) is 0 Å². The Bertz CT molecular complexity index is 1210. The number of fused-ring (bicyclic) bond motifs is 1. The summed E-state index contributed by atoms with van der Waals surface area (Å²) < 4.78 is 44.2. The highest BCUT2D eigenvalue weighted by Crippen LogP contribution is 2.42. The molecule has 0 atom stereocenters. The van der Waals surface area contributed by atoms with E-state index < -0.39 is 17.7 Å². The van der Waals surface area contributed by atoms with Gasteiger partial charge in [0.05, 0.1) is 30.4 Å². The third-order valence-electron chi connectivity index (χ3n) is 6.02. The zero-order chi connectivity index (χ0) is 23.2. The van der Waals surface area contributed by atoms with Crippen molar-refractivity contribution >= 4 is 34.5 Å². The van der Waals surface area contributed by atoms with Gasteiger partial charge in [0, 0.05) is 31.0 Å². The summed E-state index contributed by atoms with van der Waals surface area (Å²) in [6.07, 6.45) is 5.74. The van der Waals surface area contributed by atoms with E-state index >= 15 is 0 Å². The van der Waals surface area contributed by atoms with Gasteiger partial charge in [0.15, 0.2) is 5.16 Å². The highest BCUT2D eigenvalue weighted by atomic mass is 32.2. The Hall–Kier alpha value is -2.75.